The molecule has 0 aromatic rings. The quantitative estimate of drug-likeness (QED) is 0.544. The van der Waals surface area contributed by atoms with Gasteiger partial charge in [-0.15, -0.1) is 0 Å². The maximum atomic E-state index is 7.55. The van der Waals surface area contributed by atoms with Gasteiger partial charge in [0, 0.05) is 22.4 Å². The summed E-state index contributed by atoms with van der Waals surface area (Å²) in [7, 11) is 0. The third-order valence-corrected chi connectivity index (χ3v) is 0.278. The van der Waals surface area contributed by atoms with E-state index in [0.717, 1.165) is 0 Å². The first-order valence-electron chi connectivity index (χ1n) is 0.749. The van der Waals surface area contributed by atoms with E-state index in [1.54, 1.807) is 9.94 Å². The molecule has 0 bridgehead atoms. The molecule has 0 aliphatic heterocycles. The summed E-state index contributed by atoms with van der Waals surface area (Å²) in [4.78, 5) is 3.12. The standard InChI is InChI=1S/2CN.Ag.Cu/c2*1-2;;. The predicted molar refractivity (Wildman–Crippen MR) is 11.2 cm³/mol. The SMILES string of the molecule is N#[C][Cu][C]#N.[Ag]. The van der Waals surface area contributed by atoms with Crippen molar-refractivity contribution in [2.75, 3.05) is 0 Å². The Bertz CT molecular complexity index is 76.7. The van der Waals surface area contributed by atoms with Gasteiger partial charge in [0.1, 0.15) is 0 Å². The van der Waals surface area contributed by atoms with Gasteiger partial charge in [-0.05, 0) is 0 Å². The summed E-state index contributed by atoms with van der Waals surface area (Å²) >= 11 is 0.646. The van der Waals surface area contributed by atoms with Crippen LogP contribution >= 0.6 is 0 Å². The Kier molecular flexibility index (Phi) is 14.3. The van der Waals surface area contributed by atoms with Crippen molar-refractivity contribution >= 4 is 0 Å². The van der Waals surface area contributed by atoms with Crippen LogP contribution in [0.3, 0.4) is 0 Å². The molecule has 0 aliphatic carbocycles. The Hall–Kier alpha value is 0.240. The Morgan fingerprint density at radius 3 is 1.50 bits per heavy atom. The van der Waals surface area contributed by atoms with E-state index in [9.17, 15) is 0 Å². The molecule has 0 saturated heterocycles. The van der Waals surface area contributed by atoms with Crippen molar-refractivity contribution in [2.24, 2.45) is 0 Å². The molecule has 0 aromatic carbocycles. The molecule has 0 N–H and O–H groups in total. The van der Waals surface area contributed by atoms with E-state index in [1.165, 1.54) is 0 Å². The third kappa shape index (κ3) is 8.87. The van der Waals surface area contributed by atoms with E-state index in [4.69, 9.17) is 10.5 Å². The Balaban J connectivity index is 0. The summed E-state index contributed by atoms with van der Waals surface area (Å²) in [6.07, 6.45) is 0. The van der Waals surface area contributed by atoms with Gasteiger partial charge in [0.25, 0.3) is 0 Å². The van der Waals surface area contributed by atoms with Crippen LogP contribution in [0.2, 0.25) is 0 Å². The van der Waals surface area contributed by atoms with Crippen molar-refractivity contribution in [1.29, 1.82) is 10.5 Å². The molecule has 0 unspecified atom stereocenters. The van der Waals surface area contributed by atoms with E-state index in [-0.39, 0.29) is 22.4 Å². The molecule has 0 spiro atoms. The van der Waals surface area contributed by atoms with Crippen molar-refractivity contribution in [3.8, 4) is 9.94 Å². The smallest absolute Gasteiger partial charge is 0 e. The van der Waals surface area contributed by atoms with Crippen LogP contribution in [0, 0.1) is 20.5 Å². The van der Waals surface area contributed by atoms with Crippen LogP contribution in [-0.2, 0) is 37.3 Å². The zero-order valence-electron chi connectivity index (χ0n) is 2.50. The van der Waals surface area contributed by atoms with Crippen LogP contribution in [0.5, 0.6) is 0 Å². The van der Waals surface area contributed by atoms with Gasteiger partial charge >= 0.3 is 35.4 Å². The molecule has 1 radical (unpaired) electrons. The molecule has 0 amide bonds. The van der Waals surface area contributed by atoms with Gasteiger partial charge in [0.2, 0.25) is 0 Å². The van der Waals surface area contributed by atoms with E-state index >= 15 is 0 Å². The van der Waals surface area contributed by atoms with Gasteiger partial charge in [0.15, 0.2) is 0 Å². The Morgan fingerprint density at radius 1 is 1.17 bits per heavy atom. The summed E-state index contributed by atoms with van der Waals surface area (Å²) in [6, 6.07) is 0. The number of rotatable bonds is 0. The van der Waals surface area contributed by atoms with E-state index in [2.05, 4.69) is 0 Å². The molecule has 6 heavy (non-hydrogen) atoms. The van der Waals surface area contributed by atoms with E-state index in [0.29, 0.717) is 15.0 Å². The zero-order chi connectivity index (χ0) is 4.12. The average molecular weight is 223 g/mol. The maximum Gasteiger partial charge on any atom is 0 e. The second kappa shape index (κ2) is 8.97. The third-order valence-electron chi connectivity index (χ3n) is 0.0674. The van der Waals surface area contributed by atoms with Crippen LogP contribution in [0.15, 0.2) is 0 Å². The van der Waals surface area contributed by atoms with Crippen LogP contribution < -0.4 is 0 Å². The first-order chi connectivity index (χ1) is 2.41. The molecular weight excluding hydrogens is 223 g/mol. The molecule has 2 nitrogen and oxygen atoms in total. The molecule has 0 rings (SSSR count). The summed E-state index contributed by atoms with van der Waals surface area (Å²) in [5.74, 6) is 0. The van der Waals surface area contributed by atoms with Crippen molar-refractivity contribution < 1.29 is 37.3 Å². The van der Waals surface area contributed by atoms with Crippen LogP contribution in [0.1, 0.15) is 0 Å². The van der Waals surface area contributed by atoms with Gasteiger partial charge in [-0.1, -0.05) is 0 Å². The minimum atomic E-state index is 0. The average Bonchev–Trinajstić information content (AvgIpc) is 1.41. The fraction of sp³-hybridized carbons (Fsp3) is 0. The molecule has 4 heteroatoms. The summed E-state index contributed by atoms with van der Waals surface area (Å²) in [5.41, 5.74) is 0. The van der Waals surface area contributed by atoms with Gasteiger partial charge in [0.05, 0.1) is 0 Å². The molecule has 0 heterocycles. The summed E-state index contributed by atoms with van der Waals surface area (Å²) in [6.45, 7) is 0. The molecular formula is C2AgCuN2. The number of hydrogen-bond donors (Lipinski definition) is 0. The van der Waals surface area contributed by atoms with Crippen LogP contribution in [-0.4, -0.2) is 0 Å². The fourth-order valence-corrected chi connectivity index (χ4v) is 0.0622. The zero-order valence-corrected chi connectivity index (χ0v) is 4.92. The van der Waals surface area contributed by atoms with Gasteiger partial charge in [-0.25, -0.2) is 0 Å². The van der Waals surface area contributed by atoms with Crippen molar-refractivity contribution in [3.63, 3.8) is 0 Å². The number of nitrogens with zero attached hydrogens (tertiary/aromatic N) is 2. The first-order valence-corrected chi connectivity index (χ1v) is 1.69. The Morgan fingerprint density at radius 2 is 1.50 bits per heavy atom. The molecule has 0 aliphatic rings. The second-order valence-corrected chi connectivity index (χ2v) is 0.867. The van der Waals surface area contributed by atoms with Crippen LogP contribution in [0.25, 0.3) is 0 Å². The summed E-state index contributed by atoms with van der Waals surface area (Å²) < 4.78 is 0. The molecule has 0 saturated carbocycles. The molecule has 0 aromatic heterocycles. The minimum Gasteiger partial charge on any atom is 0 e. The van der Waals surface area contributed by atoms with Crippen molar-refractivity contribution in [2.45, 2.75) is 0 Å². The largest absolute Gasteiger partial charge is 0 e. The molecule has 0 fully saturated rings. The maximum absolute atomic E-state index is 7.55. The minimum absolute atomic E-state index is 0. The topological polar surface area (TPSA) is 47.6 Å². The predicted octanol–water partition coefficient (Wildman–Crippen LogP) is 0.0286. The fourth-order valence-electron chi connectivity index (χ4n) is 0.0151. The van der Waals surface area contributed by atoms with Crippen molar-refractivity contribution in [1.82, 2.24) is 0 Å². The molecule has 0 atom stereocenters. The van der Waals surface area contributed by atoms with Gasteiger partial charge in [-0.2, -0.15) is 0 Å². The van der Waals surface area contributed by atoms with Gasteiger partial charge < -0.3 is 0 Å². The second-order valence-electron chi connectivity index (χ2n) is 0.210. The first kappa shape index (κ1) is 9.53. The monoisotopic (exact) mass is 222 g/mol. The molecule has 40 valence electrons. The van der Waals surface area contributed by atoms with E-state index in [1.807, 2.05) is 0 Å². The normalized spacial score (nSPS) is 4.33. The van der Waals surface area contributed by atoms with E-state index < -0.39 is 0 Å². The van der Waals surface area contributed by atoms with Crippen molar-refractivity contribution in [3.05, 3.63) is 0 Å². The number of nitriles is 2. The number of hydrogen-bond acceptors (Lipinski definition) is 2. The van der Waals surface area contributed by atoms with Gasteiger partial charge in [-0.3, -0.25) is 0 Å². The summed E-state index contributed by atoms with van der Waals surface area (Å²) in [5, 5.41) is 15.1. The van der Waals surface area contributed by atoms with Crippen LogP contribution in [0.4, 0.5) is 0 Å². The Labute approximate surface area is 57.8 Å².